The SMILES string of the molecule is Cc1ccnc(N2C(=O)c3oc4ccccc4c(=O)c3C23C(=O)N(Cc2ccccc2Cl)c2ccccc23)c1. The van der Waals surface area contributed by atoms with E-state index in [-0.39, 0.29) is 34.7 Å². The molecule has 2 amide bonds. The van der Waals surface area contributed by atoms with Crippen molar-refractivity contribution in [2.45, 2.75) is 19.0 Å². The van der Waals surface area contributed by atoms with Crippen molar-refractivity contribution in [1.29, 1.82) is 0 Å². The van der Waals surface area contributed by atoms with E-state index in [1.807, 2.05) is 37.3 Å². The Kier molecular flexibility index (Phi) is 5.02. The molecule has 190 valence electrons. The van der Waals surface area contributed by atoms with Gasteiger partial charge < -0.3 is 9.32 Å². The molecule has 2 aliphatic rings. The standard InChI is InChI=1S/C31H20ClN3O4/c1-18-14-15-33-25(16-18)35-29(37)28-26(27(36)20-9-3-7-13-24(20)39-28)31(35)21-10-4-6-12-23(21)34(30(31)38)17-19-8-2-5-11-22(19)32/h2-16H,17H2,1H3. The van der Waals surface area contributed by atoms with E-state index in [9.17, 15) is 14.4 Å². The van der Waals surface area contributed by atoms with Gasteiger partial charge in [0, 0.05) is 16.8 Å². The van der Waals surface area contributed by atoms with E-state index in [0.29, 0.717) is 16.3 Å². The zero-order valence-corrected chi connectivity index (χ0v) is 21.5. The lowest BCUT2D eigenvalue weighted by atomic mass is 9.84. The number of carbonyl (C=O) groups is 2. The van der Waals surface area contributed by atoms with Crippen LogP contribution in [0.4, 0.5) is 11.5 Å². The third-order valence-corrected chi connectivity index (χ3v) is 7.82. The van der Waals surface area contributed by atoms with E-state index in [4.69, 9.17) is 16.0 Å². The molecule has 1 atom stereocenters. The maximum atomic E-state index is 14.8. The molecule has 5 aromatic rings. The summed E-state index contributed by atoms with van der Waals surface area (Å²) in [4.78, 5) is 50.6. The first kappa shape index (κ1) is 23.4. The fourth-order valence-electron chi connectivity index (χ4n) is 5.75. The van der Waals surface area contributed by atoms with Gasteiger partial charge in [-0.1, -0.05) is 60.1 Å². The summed E-state index contributed by atoms with van der Waals surface area (Å²) in [5.74, 6) is -0.974. The van der Waals surface area contributed by atoms with Crippen LogP contribution in [0.15, 0.2) is 100 Å². The molecule has 39 heavy (non-hydrogen) atoms. The zero-order valence-electron chi connectivity index (χ0n) is 20.7. The van der Waals surface area contributed by atoms with Crippen LogP contribution in [-0.4, -0.2) is 16.8 Å². The number of aromatic nitrogens is 1. The van der Waals surface area contributed by atoms with Gasteiger partial charge in [0.05, 0.1) is 23.2 Å². The molecule has 0 N–H and O–H groups in total. The number of pyridine rings is 1. The monoisotopic (exact) mass is 533 g/mol. The van der Waals surface area contributed by atoms with Crippen LogP contribution in [0, 0.1) is 6.92 Å². The van der Waals surface area contributed by atoms with Crippen molar-refractivity contribution < 1.29 is 14.0 Å². The topological polar surface area (TPSA) is 83.7 Å². The number of nitrogens with zero attached hydrogens (tertiary/aromatic N) is 3. The fraction of sp³-hybridized carbons (Fsp3) is 0.0968. The van der Waals surface area contributed by atoms with Gasteiger partial charge in [0.2, 0.25) is 5.76 Å². The van der Waals surface area contributed by atoms with Crippen molar-refractivity contribution in [2.24, 2.45) is 0 Å². The predicted molar refractivity (Wildman–Crippen MR) is 148 cm³/mol. The van der Waals surface area contributed by atoms with Crippen molar-refractivity contribution >= 4 is 45.9 Å². The lowest BCUT2D eigenvalue weighted by molar-refractivity contribution is -0.121. The summed E-state index contributed by atoms with van der Waals surface area (Å²) in [5.41, 5.74) is 0.676. The smallest absolute Gasteiger partial charge is 0.297 e. The largest absolute Gasteiger partial charge is 0.450 e. The molecule has 1 spiro atoms. The van der Waals surface area contributed by atoms with Crippen LogP contribution in [0.1, 0.15) is 32.8 Å². The second-order valence-electron chi connectivity index (χ2n) is 9.67. The molecule has 2 aromatic heterocycles. The number of hydrogen-bond acceptors (Lipinski definition) is 5. The molecule has 1 unspecified atom stereocenters. The lowest BCUT2D eigenvalue weighted by Crippen LogP contribution is -2.54. The van der Waals surface area contributed by atoms with Crippen molar-refractivity contribution in [3.05, 3.63) is 134 Å². The highest BCUT2D eigenvalue weighted by molar-refractivity contribution is 6.31. The van der Waals surface area contributed by atoms with Gasteiger partial charge in [-0.2, -0.15) is 0 Å². The van der Waals surface area contributed by atoms with Crippen molar-refractivity contribution in [3.8, 4) is 0 Å². The van der Waals surface area contributed by atoms with E-state index in [0.717, 1.165) is 11.1 Å². The fourth-order valence-corrected chi connectivity index (χ4v) is 5.95. The number of fused-ring (bicyclic) bond motifs is 5. The van der Waals surface area contributed by atoms with Gasteiger partial charge in [-0.15, -0.1) is 0 Å². The van der Waals surface area contributed by atoms with Crippen LogP contribution >= 0.6 is 11.6 Å². The second kappa shape index (κ2) is 8.38. The molecular formula is C31H20ClN3O4. The van der Waals surface area contributed by atoms with Gasteiger partial charge in [0.25, 0.3) is 11.8 Å². The Morgan fingerprint density at radius 3 is 2.49 bits per heavy atom. The van der Waals surface area contributed by atoms with Crippen LogP contribution in [-0.2, 0) is 16.9 Å². The highest BCUT2D eigenvalue weighted by atomic mass is 35.5. The lowest BCUT2D eigenvalue weighted by Gasteiger charge is -2.33. The molecule has 0 saturated carbocycles. The number of para-hydroxylation sites is 2. The molecule has 7 rings (SSSR count). The number of amides is 2. The molecule has 2 aliphatic heterocycles. The highest BCUT2D eigenvalue weighted by Crippen LogP contribution is 2.54. The Labute approximate surface area is 227 Å². The van der Waals surface area contributed by atoms with Crippen LogP contribution in [0.2, 0.25) is 5.02 Å². The third-order valence-electron chi connectivity index (χ3n) is 7.45. The van der Waals surface area contributed by atoms with Gasteiger partial charge in [-0.3, -0.25) is 19.3 Å². The molecule has 0 bridgehead atoms. The third kappa shape index (κ3) is 3.11. The van der Waals surface area contributed by atoms with E-state index in [2.05, 4.69) is 4.98 Å². The van der Waals surface area contributed by atoms with Crippen molar-refractivity contribution in [2.75, 3.05) is 9.80 Å². The maximum absolute atomic E-state index is 14.8. The van der Waals surface area contributed by atoms with E-state index < -0.39 is 22.8 Å². The van der Waals surface area contributed by atoms with Gasteiger partial charge >= 0.3 is 0 Å². The number of aryl methyl sites for hydroxylation is 1. The van der Waals surface area contributed by atoms with E-state index >= 15 is 0 Å². The minimum absolute atomic E-state index is 0.00591. The van der Waals surface area contributed by atoms with Gasteiger partial charge in [0.15, 0.2) is 11.0 Å². The van der Waals surface area contributed by atoms with Crippen LogP contribution in [0.5, 0.6) is 0 Å². The van der Waals surface area contributed by atoms with Crippen LogP contribution in [0.3, 0.4) is 0 Å². The number of benzene rings is 3. The highest BCUT2D eigenvalue weighted by Gasteiger charge is 2.66. The molecule has 0 aliphatic carbocycles. The second-order valence-corrected chi connectivity index (χ2v) is 10.1. The number of halogens is 1. The molecule has 4 heterocycles. The minimum Gasteiger partial charge on any atom is -0.450 e. The minimum atomic E-state index is -1.81. The average molecular weight is 534 g/mol. The molecule has 7 nitrogen and oxygen atoms in total. The molecule has 0 saturated heterocycles. The van der Waals surface area contributed by atoms with Gasteiger partial charge in [0.1, 0.15) is 11.4 Å². The summed E-state index contributed by atoms with van der Waals surface area (Å²) in [6.07, 6.45) is 1.58. The summed E-state index contributed by atoms with van der Waals surface area (Å²) in [5, 5.41) is 0.798. The normalized spacial score (nSPS) is 17.8. The Balaban J connectivity index is 1.58. The number of anilines is 2. The Hall–Kier alpha value is -4.75. The van der Waals surface area contributed by atoms with Gasteiger partial charge in [-0.05, 0) is 54.4 Å². The summed E-state index contributed by atoms with van der Waals surface area (Å²) >= 11 is 6.49. The Morgan fingerprint density at radius 2 is 1.67 bits per heavy atom. The number of rotatable bonds is 3. The molecule has 3 aromatic carbocycles. The predicted octanol–water partition coefficient (Wildman–Crippen LogP) is 5.60. The van der Waals surface area contributed by atoms with Crippen LogP contribution in [0.25, 0.3) is 11.0 Å². The molecular weight excluding hydrogens is 514 g/mol. The van der Waals surface area contributed by atoms with E-state index in [1.165, 1.54) is 4.90 Å². The summed E-state index contributed by atoms with van der Waals surface area (Å²) in [6, 6.07) is 24.7. The van der Waals surface area contributed by atoms with Gasteiger partial charge in [-0.25, -0.2) is 4.98 Å². The summed E-state index contributed by atoms with van der Waals surface area (Å²) in [6.45, 7) is 2.02. The van der Waals surface area contributed by atoms with Crippen LogP contribution < -0.4 is 15.2 Å². The van der Waals surface area contributed by atoms with Crippen molar-refractivity contribution in [1.82, 2.24) is 4.98 Å². The maximum Gasteiger partial charge on any atom is 0.297 e. The number of hydrogen-bond donors (Lipinski definition) is 0. The molecule has 0 fully saturated rings. The zero-order chi connectivity index (χ0) is 26.9. The molecule has 0 radical (unpaired) electrons. The molecule has 8 heteroatoms. The average Bonchev–Trinajstić information content (AvgIpc) is 3.34. The Bertz CT molecular complexity index is 1920. The first-order chi connectivity index (χ1) is 18.9. The first-order valence-corrected chi connectivity index (χ1v) is 12.8. The van der Waals surface area contributed by atoms with E-state index in [1.54, 1.807) is 65.7 Å². The number of carbonyl (C=O) groups excluding carboxylic acids is 2. The summed E-state index contributed by atoms with van der Waals surface area (Å²) in [7, 11) is 0. The quantitative estimate of drug-likeness (QED) is 0.301. The first-order valence-electron chi connectivity index (χ1n) is 12.4. The Morgan fingerprint density at radius 1 is 0.923 bits per heavy atom. The summed E-state index contributed by atoms with van der Waals surface area (Å²) < 4.78 is 6.09. The van der Waals surface area contributed by atoms with Crippen molar-refractivity contribution in [3.63, 3.8) is 0 Å².